The molecule has 0 aromatic heterocycles. The van der Waals surface area contributed by atoms with Gasteiger partial charge in [0.25, 0.3) is 0 Å². The van der Waals surface area contributed by atoms with Crippen LogP contribution in [0.25, 0.3) is 0 Å². The van der Waals surface area contributed by atoms with Crippen LogP contribution in [-0.4, -0.2) is 11.9 Å². The van der Waals surface area contributed by atoms with Crippen LogP contribution in [0.4, 0.5) is 0 Å². The number of hydrogen-bond donors (Lipinski definition) is 2. The predicted octanol–water partition coefficient (Wildman–Crippen LogP) is 2.98. The molecular formula is C16H25ClN2O. The summed E-state index contributed by atoms with van der Waals surface area (Å²) in [5, 5.41) is 3.02. The number of halogens is 1. The van der Waals surface area contributed by atoms with Gasteiger partial charge in [0, 0.05) is 18.5 Å². The van der Waals surface area contributed by atoms with E-state index in [1.165, 1.54) is 5.56 Å². The maximum Gasteiger partial charge on any atom is 0.223 e. The van der Waals surface area contributed by atoms with Crippen molar-refractivity contribution in [1.82, 2.24) is 5.32 Å². The number of benzene rings is 1. The van der Waals surface area contributed by atoms with E-state index in [1.54, 1.807) is 0 Å². The fourth-order valence-electron chi connectivity index (χ4n) is 2.61. The summed E-state index contributed by atoms with van der Waals surface area (Å²) < 4.78 is 0. The Balaban J connectivity index is 0.00000200. The van der Waals surface area contributed by atoms with Crippen LogP contribution in [-0.2, 0) is 11.3 Å². The highest BCUT2D eigenvalue weighted by molar-refractivity contribution is 5.85. The second-order valence-corrected chi connectivity index (χ2v) is 5.88. The summed E-state index contributed by atoms with van der Waals surface area (Å²) in [5.74, 6) is 0.814. The monoisotopic (exact) mass is 296 g/mol. The molecule has 112 valence electrons. The second kappa shape index (κ2) is 7.65. The molecule has 2 rings (SSSR count). The third-order valence-corrected chi connectivity index (χ3v) is 3.96. The molecule has 0 spiro atoms. The van der Waals surface area contributed by atoms with E-state index in [-0.39, 0.29) is 30.3 Å². The molecule has 3 nitrogen and oxygen atoms in total. The van der Waals surface area contributed by atoms with E-state index < -0.39 is 0 Å². The molecule has 0 saturated heterocycles. The van der Waals surface area contributed by atoms with Crippen LogP contribution in [0.5, 0.6) is 0 Å². The van der Waals surface area contributed by atoms with Crippen LogP contribution in [0.2, 0.25) is 0 Å². The van der Waals surface area contributed by atoms with Crippen molar-refractivity contribution in [1.29, 1.82) is 0 Å². The summed E-state index contributed by atoms with van der Waals surface area (Å²) in [6, 6.07) is 8.67. The highest BCUT2D eigenvalue weighted by atomic mass is 35.5. The Morgan fingerprint density at radius 3 is 2.45 bits per heavy atom. The van der Waals surface area contributed by atoms with Crippen LogP contribution in [0.1, 0.15) is 50.2 Å². The maximum absolute atomic E-state index is 12.0. The third kappa shape index (κ3) is 4.50. The van der Waals surface area contributed by atoms with Gasteiger partial charge in [0.1, 0.15) is 0 Å². The smallest absolute Gasteiger partial charge is 0.223 e. The Labute approximate surface area is 127 Å². The molecule has 4 heteroatoms. The molecular weight excluding hydrogens is 272 g/mol. The van der Waals surface area contributed by atoms with Crippen LogP contribution >= 0.6 is 12.4 Å². The van der Waals surface area contributed by atoms with Gasteiger partial charge in [-0.15, -0.1) is 12.4 Å². The predicted molar refractivity (Wildman–Crippen MR) is 84.9 cm³/mol. The Bertz CT molecular complexity index is 431. The van der Waals surface area contributed by atoms with Gasteiger partial charge in [0.05, 0.1) is 0 Å². The van der Waals surface area contributed by atoms with Crippen LogP contribution in [0.15, 0.2) is 24.3 Å². The first-order valence-electron chi connectivity index (χ1n) is 7.18. The lowest BCUT2D eigenvalue weighted by molar-refractivity contribution is -0.125. The van der Waals surface area contributed by atoms with Crippen molar-refractivity contribution in [2.75, 3.05) is 0 Å². The minimum absolute atomic E-state index is 0. The zero-order chi connectivity index (χ0) is 13.8. The molecule has 1 aromatic rings. The Hall–Kier alpha value is -1.06. The van der Waals surface area contributed by atoms with E-state index in [9.17, 15) is 4.79 Å². The van der Waals surface area contributed by atoms with Gasteiger partial charge < -0.3 is 11.1 Å². The van der Waals surface area contributed by atoms with Gasteiger partial charge in [-0.1, -0.05) is 38.1 Å². The molecule has 3 N–H and O–H groups in total. The van der Waals surface area contributed by atoms with E-state index in [4.69, 9.17) is 5.73 Å². The molecule has 0 bridgehead atoms. The Kier molecular flexibility index (Phi) is 6.50. The fraction of sp³-hybridized carbons (Fsp3) is 0.562. The summed E-state index contributed by atoms with van der Waals surface area (Å²) in [6.07, 6.45) is 2.73. The maximum atomic E-state index is 12.0. The molecule has 2 unspecified atom stereocenters. The summed E-state index contributed by atoms with van der Waals surface area (Å²) in [4.78, 5) is 12.0. The van der Waals surface area contributed by atoms with E-state index in [0.29, 0.717) is 12.5 Å². The third-order valence-electron chi connectivity index (χ3n) is 3.96. The van der Waals surface area contributed by atoms with Crippen molar-refractivity contribution >= 4 is 18.3 Å². The Morgan fingerprint density at radius 2 is 1.95 bits per heavy atom. The highest BCUT2D eigenvalue weighted by Crippen LogP contribution is 2.24. The van der Waals surface area contributed by atoms with Crippen molar-refractivity contribution < 1.29 is 4.79 Å². The van der Waals surface area contributed by atoms with Gasteiger partial charge >= 0.3 is 0 Å². The van der Waals surface area contributed by atoms with E-state index in [2.05, 4.69) is 43.4 Å². The number of nitrogens with one attached hydrogen (secondary N) is 1. The number of nitrogens with two attached hydrogens (primary N) is 1. The molecule has 2 atom stereocenters. The second-order valence-electron chi connectivity index (χ2n) is 5.88. The zero-order valence-corrected chi connectivity index (χ0v) is 13.1. The lowest BCUT2D eigenvalue weighted by Crippen LogP contribution is -2.29. The number of amides is 1. The molecule has 0 aliphatic heterocycles. The van der Waals surface area contributed by atoms with Gasteiger partial charge in [-0.3, -0.25) is 4.79 Å². The first kappa shape index (κ1) is 17.0. The largest absolute Gasteiger partial charge is 0.352 e. The van der Waals surface area contributed by atoms with E-state index >= 15 is 0 Å². The fourth-order valence-corrected chi connectivity index (χ4v) is 2.61. The number of carbonyl (C=O) groups excluding carboxylic acids is 1. The van der Waals surface area contributed by atoms with Gasteiger partial charge in [0.15, 0.2) is 0 Å². The topological polar surface area (TPSA) is 55.1 Å². The lowest BCUT2D eigenvalue weighted by atomic mass is 10.0. The summed E-state index contributed by atoms with van der Waals surface area (Å²) >= 11 is 0. The van der Waals surface area contributed by atoms with Crippen LogP contribution in [0, 0.1) is 5.92 Å². The number of rotatable bonds is 4. The minimum atomic E-state index is 0. The molecule has 1 saturated carbocycles. The quantitative estimate of drug-likeness (QED) is 0.897. The van der Waals surface area contributed by atoms with Crippen molar-refractivity contribution in [3.05, 3.63) is 35.4 Å². The molecule has 1 aliphatic carbocycles. The first-order chi connectivity index (χ1) is 9.06. The average molecular weight is 297 g/mol. The van der Waals surface area contributed by atoms with E-state index in [0.717, 1.165) is 24.8 Å². The average Bonchev–Trinajstić information content (AvgIpc) is 2.83. The molecule has 1 aliphatic rings. The molecule has 1 fully saturated rings. The molecule has 0 radical (unpaired) electrons. The van der Waals surface area contributed by atoms with Crippen molar-refractivity contribution in [2.45, 2.75) is 51.6 Å². The lowest BCUT2D eigenvalue weighted by Gasteiger charge is -2.11. The summed E-state index contributed by atoms with van der Waals surface area (Å²) in [5.41, 5.74) is 8.32. The van der Waals surface area contributed by atoms with Gasteiger partial charge in [0.2, 0.25) is 5.91 Å². The normalized spacial score (nSPS) is 21.6. The van der Waals surface area contributed by atoms with Crippen molar-refractivity contribution in [3.63, 3.8) is 0 Å². The summed E-state index contributed by atoms with van der Waals surface area (Å²) in [6.45, 7) is 4.98. The van der Waals surface area contributed by atoms with Gasteiger partial charge in [-0.2, -0.15) is 0 Å². The molecule has 0 heterocycles. The van der Waals surface area contributed by atoms with Gasteiger partial charge in [-0.05, 0) is 36.3 Å². The molecule has 1 amide bonds. The minimum Gasteiger partial charge on any atom is -0.352 e. The number of hydrogen-bond acceptors (Lipinski definition) is 2. The molecule has 20 heavy (non-hydrogen) atoms. The summed E-state index contributed by atoms with van der Waals surface area (Å²) in [7, 11) is 0. The highest BCUT2D eigenvalue weighted by Gasteiger charge is 2.27. The van der Waals surface area contributed by atoms with E-state index in [1.807, 2.05) is 0 Å². The SMILES string of the molecule is CC(C)c1ccc(CNC(=O)C2CCC(N)C2)cc1.Cl. The molecule has 1 aromatic carbocycles. The Morgan fingerprint density at radius 1 is 1.30 bits per heavy atom. The number of carbonyl (C=O) groups is 1. The van der Waals surface area contributed by atoms with Crippen molar-refractivity contribution in [2.24, 2.45) is 11.7 Å². The van der Waals surface area contributed by atoms with Crippen LogP contribution in [0.3, 0.4) is 0 Å². The zero-order valence-electron chi connectivity index (χ0n) is 12.3. The standard InChI is InChI=1S/C16H24N2O.ClH/c1-11(2)13-5-3-12(4-6-13)10-18-16(19)14-7-8-15(17)9-14;/h3-6,11,14-15H,7-10,17H2,1-2H3,(H,18,19);1H. The van der Waals surface area contributed by atoms with Crippen molar-refractivity contribution in [3.8, 4) is 0 Å². The van der Waals surface area contributed by atoms with Crippen LogP contribution < -0.4 is 11.1 Å². The van der Waals surface area contributed by atoms with Gasteiger partial charge in [-0.25, -0.2) is 0 Å². The first-order valence-corrected chi connectivity index (χ1v) is 7.18.